The Labute approximate surface area is 81.5 Å². The van der Waals surface area contributed by atoms with Crippen molar-refractivity contribution in [2.24, 2.45) is 0 Å². The molecule has 78 valence electrons. The standard InChI is InChI=1S/C8H13N3O3/c12-4-8-10-9-6-11(8)3-7-5-13-1-2-14-7/h6-7,12H,1-5H2. The predicted molar refractivity (Wildman–Crippen MR) is 46.5 cm³/mol. The minimum Gasteiger partial charge on any atom is -0.388 e. The zero-order valence-corrected chi connectivity index (χ0v) is 7.80. The average Bonchev–Trinajstić information content (AvgIpc) is 2.67. The van der Waals surface area contributed by atoms with Gasteiger partial charge in [-0.25, -0.2) is 0 Å². The lowest BCUT2D eigenvalue weighted by molar-refractivity contribution is -0.0939. The number of hydrogen-bond donors (Lipinski definition) is 1. The number of aliphatic hydroxyl groups is 1. The smallest absolute Gasteiger partial charge is 0.158 e. The van der Waals surface area contributed by atoms with E-state index < -0.39 is 0 Å². The quantitative estimate of drug-likeness (QED) is 0.689. The highest BCUT2D eigenvalue weighted by molar-refractivity contribution is 4.83. The topological polar surface area (TPSA) is 69.4 Å². The summed E-state index contributed by atoms with van der Waals surface area (Å²) in [6, 6.07) is 0. The lowest BCUT2D eigenvalue weighted by atomic mass is 10.3. The molecule has 1 N–H and O–H groups in total. The van der Waals surface area contributed by atoms with Crippen LogP contribution in [0.1, 0.15) is 5.82 Å². The Kier molecular flexibility index (Phi) is 3.07. The first kappa shape index (κ1) is 9.57. The van der Waals surface area contributed by atoms with Crippen molar-refractivity contribution in [1.82, 2.24) is 14.8 Å². The van der Waals surface area contributed by atoms with Gasteiger partial charge in [0.15, 0.2) is 5.82 Å². The summed E-state index contributed by atoms with van der Waals surface area (Å²) in [5, 5.41) is 16.4. The van der Waals surface area contributed by atoms with Gasteiger partial charge in [-0.1, -0.05) is 0 Å². The molecule has 0 spiro atoms. The molecule has 1 aromatic rings. The molecule has 0 bridgehead atoms. The highest BCUT2D eigenvalue weighted by atomic mass is 16.6. The van der Waals surface area contributed by atoms with Crippen molar-refractivity contribution in [2.75, 3.05) is 19.8 Å². The van der Waals surface area contributed by atoms with Crippen molar-refractivity contribution in [3.05, 3.63) is 12.2 Å². The van der Waals surface area contributed by atoms with E-state index in [0.717, 1.165) is 0 Å². The summed E-state index contributed by atoms with van der Waals surface area (Å²) in [7, 11) is 0. The SMILES string of the molecule is OCc1nncn1CC1COCCO1. The fraction of sp³-hybridized carbons (Fsp3) is 0.750. The van der Waals surface area contributed by atoms with Gasteiger partial charge in [-0.05, 0) is 0 Å². The van der Waals surface area contributed by atoms with E-state index in [4.69, 9.17) is 14.6 Å². The van der Waals surface area contributed by atoms with Gasteiger partial charge < -0.3 is 19.1 Å². The molecule has 0 aliphatic carbocycles. The van der Waals surface area contributed by atoms with Crippen LogP contribution >= 0.6 is 0 Å². The Balaban J connectivity index is 1.95. The van der Waals surface area contributed by atoms with Gasteiger partial charge in [-0.2, -0.15) is 0 Å². The van der Waals surface area contributed by atoms with Crippen LogP contribution < -0.4 is 0 Å². The zero-order valence-electron chi connectivity index (χ0n) is 7.80. The fourth-order valence-corrected chi connectivity index (χ4v) is 1.42. The largest absolute Gasteiger partial charge is 0.388 e. The molecule has 1 fully saturated rings. The number of rotatable bonds is 3. The molecule has 0 amide bonds. The predicted octanol–water partition coefficient (Wildman–Crippen LogP) is -0.814. The normalized spacial score (nSPS) is 22.5. The Bertz CT molecular complexity index is 283. The van der Waals surface area contributed by atoms with Crippen LogP contribution in [0.3, 0.4) is 0 Å². The van der Waals surface area contributed by atoms with Crippen LogP contribution in [0.5, 0.6) is 0 Å². The van der Waals surface area contributed by atoms with Crippen molar-refractivity contribution in [1.29, 1.82) is 0 Å². The molecule has 6 heteroatoms. The van der Waals surface area contributed by atoms with Gasteiger partial charge in [0.05, 0.1) is 32.5 Å². The molecule has 1 unspecified atom stereocenters. The van der Waals surface area contributed by atoms with E-state index in [2.05, 4.69) is 10.2 Å². The molecule has 0 radical (unpaired) electrons. The maximum absolute atomic E-state index is 8.94. The van der Waals surface area contributed by atoms with Gasteiger partial charge in [0.2, 0.25) is 0 Å². The van der Waals surface area contributed by atoms with Gasteiger partial charge in [0.25, 0.3) is 0 Å². The minimum atomic E-state index is -0.104. The van der Waals surface area contributed by atoms with E-state index >= 15 is 0 Å². The molecule has 0 aromatic carbocycles. The summed E-state index contributed by atoms with van der Waals surface area (Å²) in [5.41, 5.74) is 0. The molecule has 2 rings (SSSR count). The number of hydrogen-bond acceptors (Lipinski definition) is 5. The van der Waals surface area contributed by atoms with Crippen molar-refractivity contribution in [3.63, 3.8) is 0 Å². The van der Waals surface area contributed by atoms with Crippen LogP contribution in [-0.2, 0) is 22.6 Å². The van der Waals surface area contributed by atoms with Crippen molar-refractivity contribution < 1.29 is 14.6 Å². The fourth-order valence-electron chi connectivity index (χ4n) is 1.42. The Hall–Kier alpha value is -0.980. The third kappa shape index (κ3) is 2.09. The van der Waals surface area contributed by atoms with Crippen LogP contribution in [0.2, 0.25) is 0 Å². The van der Waals surface area contributed by atoms with Gasteiger partial charge in [0.1, 0.15) is 12.9 Å². The summed E-state index contributed by atoms with van der Waals surface area (Å²) >= 11 is 0. The van der Waals surface area contributed by atoms with Crippen LogP contribution in [-0.4, -0.2) is 45.8 Å². The number of aromatic nitrogens is 3. The van der Waals surface area contributed by atoms with E-state index in [-0.39, 0.29) is 12.7 Å². The van der Waals surface area contributed by atoms with E-state index in [1.807, 2.05) is 0 Å². The van der Waals surface area contributed by atoms with Crippen LogP contribution in [0.25, 0.3) is 0 Å². The van der Waals surface area contributed by atoms with E-state index in [1.54, 1.807) is 10.9 Å². The van der Waals surface area contributed by atoms with Crippen molar-refractivity contribution in [2.45, 2.75) is 19.3 Å². The minimum absolute atomic E-state index is 0.0325. The Morgan fingerprint density at radius 2 is 2.50 bits per heavy atom. The maximum Gasteiger partial charge on any atom is 0.158 e. The highest BCUT2D eigenvalue weighted by Crippen LogP contribution is 2.05. The van der Waals surface area contributed by atoms with E-state index in [1.165, 1.54) is 0 Å². The van der Waals surface area contributed by atoms with Gasteiger partial charge in [0, 0.05) is 0 Å². The molecule has 1 aliphatic rings. The molecule has 1 aromatic heterocycles. The summed E-state index contributed by atoms with van der Waals surface area (Å²) < 4.78 is 12.5. The van der Waals surface area contributed by atoms with Crippen LogP contribution in [0.4, 0.5) is 0 Å². The van der Waals surface area contributed by atoms with Crippen molar-refractivity contribution >= 4 is 0 Å². The third-order valence-electron chi connectivity index (χ3n) is 2.12. The highest BCUT2D eigenvalue weighted by Gasteiger charge is 2.16. The van der Waals surface area contributed by atoms with Crippen LogP contribution in [0.15, 0.2) is 6.33 Å². The second kappa shape index (κ2) is 4.50. The lowest BCUT2D eigenvalue weighted by Gasteiger charge is -2.23. The maximum atomic E-state index is 8.94. The van der Waals surface area contributed by atoms with Crippen molar-refractivity contribution in [3.8, 4) is 0 Å². The Morgan fingerprint density at radius 1 is 1.57 bits per heavy atom. The van der Waals surface area contributed by atoms with E-state index in [0.29, 0.717) is 32.2 Å². The molecular weight excluding hydrogens is 186 g/mol. The monoisotopic (exact) mass is 199 g/mol. The molecule has 2 heterocycles. The molecule has 1 aliphatic heterocycles. The first-order chi connectivity index (χ1) is 6.90. The average molecular weight is 199 g/mol. The summed E-state index contributed by atoms with van der Waals surface area (Å²) in [6.45, 7) is 2.40. The Morgan fingerprint density at radius 3 is 3.21 bits per heavy atom. The third-order valence-corrected chi connectivity index (χ3v) is 2.12. The lowest BCUT2D eigenvalue weighted by Crippen LogP contribution is -2.32. The molecule has 1 atom stereocenters. The number of ether oxygens (including phenoxy) is 2. The summed E-state index contributed by atoms with van der Waals surface area (Å²) in [5.74, 6) is 0.555. The second-order valence-corrected chi connectivity index (χ2v) is 3.13. The zero-order chi connectivity index (χ0) is 9.80. The van der Waals surface area contributed by atoms with Gasteiger partial charge >= 0.3 is 0 Å². The molecule has 0 saturated carbocycles. The first-order valence-corrected chi connectivity index (χ1v) is 4.57. The van der Waals surface area contributed by atoms with Gasteiger partial charge in [-0.15, -0.1) is 10.2 Å². The number of nitrogens with zero attached hydrogens (tertiary/aromatic N) is 3. The first-order valence-electron chi connectivity index (χ1n) is 4.57. The molecule has 6 nitrogen and oxygen atoms in total. The number of aliphatic hydroxyl groups excluding tert-OH is 1. The molecule has 1 saturated heterocycles. The molecular formula is C8H13N3O3. The van der Waals surface area contributed by atoms with E-state index in [9.17, 15) is 0 Å². The second-order valence-electron chi connectivity index (χ2n) is 3.13. The van der Waals surface area contributed by atoms with Gasteiger partial charge in [-0.3, -0.25) is 0 Å². The summed E-state index contributed by atoms with van der Waals surface area (Å²) in [6.07, 6.45) is 1.62. The van der Waals surface area contributed by atoms with Crippen LogP contribution in [0, 0.1) is 0 Å². The molecule has 14 heavy (non-hydrogen) atoms. The summed E-state index contributed by atoms with van der Waals surface area (Å²) in [4.78, 5) is 0.